The highest BCUT2D eigenvalue weighted by Gasteiger charge is 2.14. The first-order valence-electron chi connectivity index (χ1n) is 12.8. The number of nitrogens with zero attached hydrogens (tertiary/aromatic N) is 3. The minimum Gasteiger partial charge on any atom is -0.304 e. The van der Waals surface area contributed by atoms with Gasteiger partial charge in [0.05, 0.1) is 4.92 Å². The van der Waals surface area contributed by atoms with Gasteiger partial charge in [-0.1, -0.05) is 65.5 Å². The van der Waals surface area contributed by atoms with Crippen LogP contribution in [0.5, 0.6) is 0 Å². The molecule has 0 saturated heterocycles. The van der Waals surface area contributed by atoms with E-state index in [2.05, 4.69) is 43.6 Å². The van der Waals surface area contributed by atoms with Crippen LogP contribution in [0, 0.1) is 10.1 Å². The Morgan fingerprint density at radius 1 is 0.710 bits per heavy atom. The van der Waals surface area contributed by atoms with Gasteiger partial charge in [0.2, 0.25) is 0 Å². The highest BCUT2D eigenvalue weighted by molar-refractivity contribution is 5.43. The molecule has 0 bridgehead atoms. The third-order valence-corrected chi connectivity index (χ3v) is 6.50. The molecule has 0 spiro atoms. The number of hydrogen-bond acceptors (Lipinski definition) is 4. The molecule has 0 N–H and O–H groups in total. The van der Waals surface area contributed by atoms with E-state index in [1.54, 1.807) is 0 Å². The van der Waals surface area contributed by atoms with Gasteiger partial charge < -0.3 is 9.80 Å². The van der Waals surface area contributed by atoms with Crippen LogP contribution >= 0.6 is 0 Å². The minimum absolute atomic E-state index is 0.191. The van der Waals surface area contributed by atoms with Crippen molar-refractivity contribution in [2.45, 2.75) is 91.9 Å². The maximum absolute atomic E-state index is 11.6. The summed E-state index contributed by atoms with van der Waals surface area (Å²) in [6, 6.07) is 5.94. The largest absolute Gasteiger partial charge is 0.304 e. The van der Waals surface area contributed by atoms with Gasteiger partial charge in [-0.05, 0) is 83.4 Å². The number of hydrogen-bond donors (Lipinski definition) is 0. The average molecular weight is 434 g/mol. The predicted molar refractivity (Wildman–Crippen MR) is 133 cm³/mol. The summed E-state index contributed by atoms with van der Waals surface area (Å²) in [5, 5.41) is 11.6. The number of nitro groups is 1. The summed E-state index contributed by atoms with van der Waals surface area (Å²) in [4.78, 5) is 16.3. The molecule has 1 aromatic rings. The molecule has 0 aliphatic heterocycles. The Labute approximate surface area is 191 Å². The molecule has 5 heteroatoms. The zero-order valence-electron chi connectivity index (χ0n) is 20.7. The van der Waals surface area contributed by atoms with Crippen LogP contribution in [0.2, 0.25) is 0 Å². The lowest BCUT2D eigenvalue weighted by atomic mass is 9.99. The second kappa shape index (κ2) is 17.1. The first-order chi connectivity index (χ1) is 15.0. The van der Waals surface area contributed by atoms with Crippen LogP contribution in [-0.2, 0) is 12.8 Å². The third kappa shape index (κ3) is 11.6. The molecule has 5 nitrogen and oxygen atoms in total. The standard InChI is InChI=1S/C26H47N3O2/c1-5-27(6-2)21-15-11-9-13-17-24-19-20-25(26(23-24)29(30)31)18-14-10-12-16-22-28(7-3)8-4/h19-20,23H,5-18,21-22H2,1-4H3. The second-order valence-corrected chi connectivity index (χ2v) is 8.60. The summed E-state index contributed by atoms with van der Waals surface area (Å²) >= 11 is 0. The molecular weight excluding hydrogens is 386 g/mol. The Kier molecular flexibility index (Phi) is 15.2. The summed E-state index contributed by atoms with van der Waals surface area (Å²) < 4.78 is 0. The maximum atomic E-state index is 11.6. The summed E-state index contributed by atoms with van der Waals surface area (Å²) in [5.74, 6) is 0. The van der Waals surface area contributed by atoms with E-state index < -0.39 is 0 Å². The second-order valence-electron chi connectivity index (χ2n) is 8.60. The van der Waals surface area contributed by atoms with E-state index in [0.717, 1.165) is 76.0 Å². The van der Waals surface area contributed by atoms with Crippen molar-refractivity contribution in [3.05, 3.63) is 39.4 Å². The van der Waals surface area contributed by atoms with E-state index in [4.69, 9.17) is 0 Å². The number of unbranched alkanes of at least 4 members (excludes halogenated alkanes) is 6. The zero-order valence-corrected chi connectivity index (χ0v) is 20.7. The monoisotopic (exact) mass is 433 g/mol. The fourth-order valence-electron chi connectivity index (χ4n) is 4.25. The molecule has 0 aromatic heterocycles. The van der Waals surface area contributed by atoms with Crippen molar-refractivity contribution >= 4 is 5.69 Å². The van der Waals surface area contributed by atoms with Crippen molar-refractivity contribution in [2.75, 3.05) is 39.3 Å². The van der Waals surface area contributed by atoms with Gasteiger partial charge >= 0.3 is 0 Å². The molecule has 0 saturated carbocycles. The van der Waals surface area contributed by atoms with Crippen LogP contribution in [0.15, 0.2) is 18.2 Å². The lowest BCUT2D eigenvalue weighted by molar-refractivity contribution is -0.385. The molecule has 0 unspecified atom stereocenters. The molecule has 178 valence electrons. The summed E-state index contributed by atoms with van der Waals surface area (Å²) in [7, 11) is 0. The van der Waals surface area contributed by atoms with Crippen LogP contribution in [0.1, 0.15) is 90.2 Å². The number of nitro benzene ring substituents is 1. The number of aryl methyl sites for hydroxylation is 2. The minimum atomic E-state index is -0.191. The summed E-state index contributed by atoms with van der Waals surface area (Å²) in [5.41, 5.74) is 2.33. The van der Waals surface area contributed by atoms with E-state index in [9.17, 15) is 10.1 Å². The molecule has 1 aromatic carbocycles. The lowest BCUT2D eigenvalue weighted by Crippen LogP contribution is -2.23. The average Bonchev–Trinajstić information content (AvgIpc) is 2.78. The topological polar surface area (TPSA) is 49.6 Å². The Hall–Kier alpha value is -1.46. The smallest absolute Gasteiger partial charge is 0.272 e. The van der Waals surface area contributed by atoms with Gasteiger partial charge in [0, 0.05) is 11.6 Å². The van der Waals surface area contributed by atoms with Crippen LogP contribution < -0.4 is 0 Å². The van der Waals surface area contributed by atoms with Crippen molar-refractivity contribution < 1.29 is 4.92 Å². The molecule has 0 aliphatic rings. The first-order valence-corrected chi connectivity index (χ1v) is 12.8. The Bertz CT molecular complexity index is 598. The van der Waals surface area contributed by atoms with Gasteiger partial charge in [-0.2, -0.15) is 0 Å². The van der Waals surface area contributed by atoms with Crippen molar-refractivity contribution in [2.24, 2.45) is 0 Å². The lowest BCUT2D eigenvalue weighted by Gasteiger charge is -2.17. The molecule has 1 rings (SSSR count). The van der Waals surface area contributed by atoms with E-state index in [1.165, 1.54) is 38.6 Å². The Balaban J connectivity index is 2.35. The van der Waals surface area contributed by atoms with E-state index in [0.29, 0.717) is 5.69 Å². The normalized spacial score (nSPS) is 11.5. The fraction of sp³-hybridized carbons (Fsp3) is 0.769. The molecule has 0 heterocycles. The van der Waals surface area contributed by atoms with Crippen molar-refractivity contribution in [1.29, 1.82) is 0 Å². The van der Waals surface area contributed by atoms with E-state index >= 15 is 0 Å². The summed E-state index contributed by atoms with van der Waals surface area (Å²) in [6.07, 6.45) is 11.2. The van der Waals surface area contributed by atoms with Crippen molar-refractivity contribution in [1.82, 2.24) is 9.80 Å². The quantitative estimate of drug-likeness (QED) is 0.142. The van der Waals surface area contributed by atoms with Crippen LogP contribution in [0.4, 0.5) is 5.69 Å². The highest BCUT2D eigenvalue weighted by atomic mass is 16.6. The number of benzene rings is 1. The molecule has 0 amide bonds. The Morgan fingerprint density at radius 3 is 1.68 bits per heavy atom. The molecule has 0 atom stereocenters. The summed E-state index contributed by atoms with van der Waals surface area (Å²) in [6.45, 7) is 15.7. The van der Waals surface area contributed by atoms with Crippen LogP contribution in [0.3, 0.4) is 0 Å². The SMILES string of the molecule is CCN(CC)CCCCCCc1ccc(CCCCCCN(CC)CC)c([N+](=O)[O-])c1. The van der Waals surface area contributed by atoms with Crippen molar-refractivity contribution in [3.63, 3.8) is 0 Å². The van der Waals surface area contributed by atoms with Gasteiger partial charge in [-0.25, -0.2) is 0 Å². The highest BCUT2D eigenvalue weighted by Crippen LogP contribution is 2.24. The molecular formula is C26H47N3O2. The predicted octanol–water partition coefficient (Wildman–Crippen LogP) is 6.48. The molecule has 31 heavy (non-hydrogen) atoms. The fourth-order valence-corrected chi connectivity index (χ4v) is 4.25. The zero-order chi connectivity index (χ0) is 22.9. The van der Waals surface area contributed by atoms with Gasteiger partial charge in [-0.3, -0.25) is 10.1 Å². The maximum Gasteiger partial charge on any atom is 0.272 e. The van der Waals surface area contributed by atoms with Crippen LogP contribution in [-0.4, -0.2) is 54.0 Å². The van der Waals surface area contributed by atoms with E-state index in [-0.39, 0.29) is 4.92 Å². The number of rotatable bonds is 19. The molecule has 0 aliphatic carbocycles. The Morgan fingerprint density at radius 2 is 1.19 bits per heavy atom. The van der Waals surface area contributed by atoms with Gasteiger partial charge in [-0.15, -0.1) is 0 Å². The first kappa shape index (κ1) is 27.6. The van der Waals surface area contributed by atoms with Crippen molar-refractivity contribution in [3.8, 4) is 0 Å². The van der Waals surface area contributed by atoms with Crippen LogP contribution in [0.25, 0.3) is 0 Å². The molecule has 0 radical (unpaired) electrons. The van der Waals surface area contributed by atoms with Gasteiger partial charge in [0.1, 0.15) is 0 Å². The molecule has 0 fully saturated rings. The van der Waals surface area contributed by atoms with E-state index in [1.807, 2.05) is 12.1 Å². The van der Waals surface area contributed by atoms with Gasteiger partial charge in [0.25, 0.3) is 5.69 Å². The third-order valence-electron chi connectivity index (χ3n) is 6.50. The van der Waals surface area contributed by atoms with Gasteiger partial charge in [0.15, 0.2) is 0 Å².